The van der Waals surface area contributed by atoms with E-state index >= 15 is 0 Å². The van der Waals surface area contributed by atoms with Crippen LogP contribution in [0.2, 0.25) is 0 Å². The summed E-state index contributed by atoms with van der Waals surface area (Å²) in [7, 11) is 1.62. The molecule has 2 aliphatic heterocycles. The number of nitrogens with zero attached hydrogens (tertiary/aromatic N) is 2. The number of fused-ring (bicyclic) bond motifs is 1. The molecule has 18 heavy (non-hydrogen) atoms. The van der Waals surface area contributed by atoms with Crippen molar-refractivity contribution in [2.24, 2.45) is 4.99 Å². The number of carbonyl (C=O) groups is 1. The molecule has 3 rings (SSSR count). The number of aliphatic imine (C=N–C) groups is 1. The normalized spacial score (nSPS) is 20.3. The van der Waals surface area contributed by atoms with Gasteiger partial charge in [-0.25, -0.2) is 4.99 Å². The number of carbonyl (C=O) groups excluding carboxylic acids is 1. The third-order valence-electron chi connectivity index (χ3n) is 2.89. The molecule has 0 radical (unpaired) electrons. The fraction of sp³-hybridized carbons (Fsp3) is 0.231. The molecule has 0 N–H and O–H groups in total. The Hall–Kier alpha value is -1.75. The first kappa shape index (κ1) is 11.3. The monoisotopic (exact) mass is 260 g/mol. The van der Waals surface area contributed by atoms with E-state index in [1.165, 1.54) is 0 Å². The molecule has 1 saturated heterocycles. The molecule has 92 valence electrons. The molecule has 5 heteroatoms. The van der Waals surface area contributed by atoms with Crippen LogP contribution in [0.25, 0.3) is 6.08 Å². The van der Waals surface area contributed by atoms with Crippen LogP contribution in [0.15, 0.2) is 35.0 Å². The van der Waals surface area contributed by atoms with E-state index in [0.29, 0.717) is 5.70 Å². The van der Waals surface area contributed by atoms with Crippen LogP contribution in [-0.2, 0) is 4.79 Å². The Bertz CT molecular complexity index is 566. The van der Waals surface area contributed by atoms with Crippen LogP contribution in [0.1, 0.15) is 5.56 Å². The van der Waals surface area contributed by atoms with Crippen LogP contribution in [0.3, 0.4) is 0 Å². The second kappa shape index (κ2) is 4.49. The first-order valence-electron chi connectivity index (χ1n) is 5.67. The average Bonchev–Trinajstić information content (AvgIpc) is 2.95. The van der Waals surface area contributed by atoms with Crippen molar-refractivity contribution >= 4 is 28.9 Å². The molecular weight excluding hydrogens is 248 g/mol. The molecule has 0 aromatic heterocycles. The maximum absolute atomic E-state index is 12.1. The molecule has 2 heterocycles. The topological polar surface area (TPSA) is 41.9 Å². The van der Waals surface area contributed by atoms with Crippen molar-refractivity contribution < 1.29 is 9.53 Å². The van der Waals surface area contributed by atoms with Gasteiger partial charge in [0.15, 0.2) is 5.17 Å². The van der Waals surface area contributed by atoms with Gasteiger partial charge >= 0.3 is 0 Å². The highest BCUT2D eigenvalue weighted by Crippen LogP contribution is 2.29. The molecule has 0 aliphatic carbocycles. The molecule has 2 aliphatic rings. The van der Waals surface area contributed by atoms with Crippen molar-refractivity contribution in [3.63, 3.8) is 0 Å². The molecular formula is C13H12N2O2S. The summed E-state index contributed by atoms with van der Waals surface area (Å²) in [4.78, 5) is 18.2. The molecule has 1 fully saturated rings. The van der Waals surface area contributed by atoms with Crippen molar-refractivity contribution in [1.82, 2.24) is 4.90 Å². The van der Waals surface area contributed by atoms with Gasteiger partial charge in [-0.15, -0.1) is 0 Å². The minimum absolute atomic E-state index is 0.0130. The second-order valence-corrected chi connectivity index (χ2v) is 5.03. The summed E-state index contributed by atoms with van der Waals surface area (Å²) in [6, 6.07) is 7.60. The smallest absolute Gasteiger partial charge is 0.278 e. The lowest BCUT2D eigenvalue weighted by atomic mass is 10.1. The number of ether oxygens (including phenoxy) is 1. The summed E-state index contributed by atoms with van der Waals surface area (Å²) in [6.45, 7) is 0.756. The van der Waals surface area contributed by atoms with E-state index in [9.17, 15) is 4.79 Å². The fourth-order valence-electron chi connectivity index (χ4n) is 2.00. The Labute approximate surface area is 109 Å². The first-order chi connectivity index (χ1) is 8.79. The molecule has 0 atom stereocenters. The predicted octanol–water partition coefficient (Wildman–Crippen LogP) is 1.98. The van der Waals surface area contributed by atoms with Gasteiger partial charge in [0.1, 0.15) is 11.4 Å². The van der Waals surface area contributed by atoms with Gasteiger partial charge in [-0.2, -0.15) is 0 Å². The zero-order chi connectivity index (χ0) is 12.5. The van der Waals surface area contributed by atoms with Crippen molar-refractivity contribution in [2.45, 2.75) is 0 Å². The second-order valence-electron chi connectivity index (χ2n) is 3.97. The molecule has 4 nitrogen and oxygen atoms in total. The quantitative estimate of drug-likeness (QED) is 0.764. The lowest BCUT2D eigenvalue weighted by Gasteiger charge is -2.07. The van der Waals surface area contributed by atoms with Crippen molar-refractivity contribution in [3.8, 4) is 5.75 Å². The molecule has 0 bridgehead atoms. The third-order valence-corrected chi connectivity index (χ3v) is 3.85. The molecule has 1 amide bonds. The predicted molar refractivity (Wildman–Crippen MR) is 72.6 cm³/mol. The lowest BCUT2D eigenvalue weighted by Crippen LogP contribution is -2.26. The van der Waals surface area contributed by atoms with Crippen molar-refractivity contribution in [2.75, 3.05) is 19.4 Å². The Kier molecular flexibility index (Phi) is 2.83. The third kappa shape index (κ3) is 1.80. The number of amides is 1. The summed E-state index contributed by atoms with van der Waals surface area (Å²) in [5.41, 5.74) is 1.36. The van der Waals surface area contributed by atoms with Gasteiger partial charge in [0.25, 0.3) is 5.91 Å². The Balaban J connectivity index is 1.98. The molecule has 0 unspecified atom stereocenters. The number of hydrogen-bond donors (Lipinski definition) is 0. The average molecular weight is 260 g/mol. The number of para-hydroxylation sites is 1. The highest BCUT2D eigenvalue weighted by Gasteiger charge is 2.34. The van der Waals surface area contributed by atoms with Gasteiger partial charge in [0, 0.05) is 17.9 Å². The SMILES string of the molecule is COc1ccccc1/C=C1/N=C2SCCN2C1=O. The number of methoxy groups -OCH3 is 1. The lowest BCUT2D eigenvalue weighted by molar-refractivity contribution is -0.122. The standard InChI is InChI=1S/C13H12N2O2S/c1-17-11-5-3-2-4-9(11)8-10-12(16)15-6-7-18-13(15)14-10/h2-5,8H,6-7H2,1H3/b10-8+. The highest BCUT2D eigenvalue weighted by atomic mass is 32.2. The van der Waals surface area contributed by atoms with Gasteiger partial charge in [0.05, 0.1) is 7.11 Å². The Morgan fingerprint density at radius 1 is 1.44 bits per heavy atom. The van der Waals surface area contributed by atoms with E-state index in [4.69, 9.17) is 4.74 Å². The summed E-state index contributed by atoms with van der Waals surface area (Å²) < 4.78 is 5.26. The van der Waals surface area contributed by atoms with Gasteiger partial charge in [0.2, 0.25) is 0 Å². The van der Waals surface area contributed by atoms with E-state index in [1.54, 1.807) is 29.8 Å². The van der Waals surface area contributed by atoms with Crippen LogP contribution >= 0.6 is 11.8 Å². The van der Waals surface area contributed by atoms with Crippen LogP contribution < -0.4 is 4.74 Å². The van der Waals surface area contributed by atoms with Crippen molar-refractivity contribution in [3.05, 3.63) is 35.5 Å². The van der Waals surface area contributed by atoms with Gasteiger partial charge < -0.3 is 4.74 Å². The fourth-order valence-corrected chi connectivity index (χ4v) is 2.95. The van der Waals surface area contributed by atoms with Gasteiger partial charge in [-0.3, -0.25) is 9.69 Å². The molecule has 0 spiro atoms. The zero-order valence-corrected chi connectivity index (χ0v) is 10.7. The van der Waals surface area contributed by atoms with Crippen LogP contribution in [0.4, 0.5) is 0 Å². The number of hydrogen-bond acceptors (Lipinski definition) is 4. The Morgan fingerprint density at radius 2 is 2.28 bits per heavy atom. The largest absolute Gasteiger partial charge is 0.496 e. The number of amidine groups is 1. The Morgan fingerprint density at radius 3 is 3.06 bits per heavy atom. The maximum Gasteiger partial charge on any atom is 0.278 e. The number of benzene rings is 1. The van der Waals surface area contributed by atoms with Crippen LogP contribution in [0.5, 0.6) is 5.75 Å². The molecule has 1 aromatic rings. The van der Waals surface area contributed by atoms with E-state index in [0.717, 1.165) is 28.8 Å². The molecule has 1 aromatic carbocycles. The molecule has 0 saturated carbocycles. The van der Waals surface area contributed by atoms with Crippen LogP contribution in [-0.4, -0.2) is 35.4 Å². The summed E-state index contributed by atoms with van der Waals surface area (Å²) in [5.74, 6) is 1.67. The highest BCUT2D eigenvalue weighted by molar-refractivity contribution is 8.14. The summed E-state index contributed by atoms with van der Waals surface area (Å²) in [5, 5.41) is 0.821. The minimum atomic E-state index is -0.0130. The van der Waals surface area contributed by atoms with E-state index in [2.05, 4.69) is 4.99 Å². The number of thioether (sulfide) groups is 1. The van der Waals surface area contributed by atoms with E-state index < -0.39 is 0 Å². The zero-order valence-electron chi connectivity index (χ0n) is 9.92. The van der Waals surface area contributed by atoms with Crippen molar-refractivity contribution in [1.29, 1.82) is 0 Å². The minimum Gasteiger partial charge on any atom is -0.496 e. The van der Waals surface area contributed by atoms with Crippen LogP contribution in [0, 0.1) is 0 Å². The van der Waals surface area contributed by atoms with E-state index in [1.807, 2.05) is 24.3 Å². The number of rotatable bonds is 2. The summed E-state index contributed by atoms with van der Waals surface area (Å²) in [6.07, 6.45) is 1.78. The van der Waals surface area contributed by atoms with E-state index in [-0.39, 0.29) is 5.91 Å². The first-order valence-corrected chi connectivity index (χ1v) is 6.66. The van der Waals surface area contributed by atoms with Gasteiger partial charge in [-0.05, 0) is 12.1 Å². The van der Waals surface area contributed by atoms with Gasteiger partial charge in [-0.1, -0.05) is 30.0 Å². The summed E-state index contributed by atoms with van der Waals surface area (Å²) >= 11 is 1.62. The maximum atomic E-state index is 12.1.